The van der Waals surface area contributed by atoms with Crippen molar-refractivity contribution >= 4 is 24.8 Å². The average Bonchev–Trinajstić information content (AvgIpc) is 2.09. The minimum atomic E-state index is 0. The molecule has 0 aromatic rings. The number of hydrogen-bond acceptors (Lipinski definition) is 2. The number of likely N-dealkylation sites (tertiary alicyclic amines) is 1. The van der Waals surface area contributed by atoms with Crippen LogP contribution in [0.1, 0.15) is 6.42 Å². The first-order valence-electron chi connectivity index (χ1n) is 3.77. The first-order chi connectivity index (χ1) is 4.36. The Morgan fingerprint density at radius 2 is 2.00 bits per heavy atom. The first-order valence-corrected chi connectivity index (χ1v) is 3.77. The summed E-state index contributed by atoms with van der Waals surface area (Å²) in [7, 11) is 2.23. The van der Waals surface area contributed by atoms with Crippen LogP contribution in [-0.4, -0.2) is 37.6 Å². The molecule has 11 heavy (non-hydrogen) atoms. The van der Waals surface area contributed by atoms with Gasteiger partial charge in [0.2, 0.25) is 0 Å². The van der Waals surface area contributed by atoms with Gasteiger partial charge < -0.3 is 10.2 Å². The Hall–Kier alpha value is 0.500. The van der Waals surface area contributed by atoms with E-state index in [-0.39, 0.29) is 24.8 Å². The van der Waals surface area contributed by atoms with Gasteiger partial charge in [-0.25, -0.2) is 0 Å². The average molecular weight is 199 g/mol. The standard InChI is InChI=1S/C7H14N2.2ClH/c1-9-5-6-2-7(9)4-8-3-6;;/h6-8H,2-5H2,1H3;2*1H. The van der Waals surface area contributed by atoms with Gasteiger partial charge in [-0.3, -0.25) is 0 Å². The second kappa shape index (κ2) is 4.51. The molecule has 2 fully saturated rings. The molecule has 2 atom stereocenters. The maximum atomic E-state index is 3.44. The molecule has 2 nitrogen and oxygen atoms in total. The van der Waals surface area contributed by atoms with Crippen molar-refractivity contribution in [3.05, 3.63) is 0 Å². The summed E-state index contributed by atoms with van der Waals surface area (Å²) in [6.45, 7) is 3.78. The highest BCUT2D eigenvalue weighted by atomic mass is 35.5. The topological polar surface area (TPSA) is 15.3 Å². The van der Waals surface area contributed by atoms with Gasteiger partial charge in [-0.05, 0) is 25.9 Å². The van der Waals surface area contributed by atoms with Crippen molar-refractivity contribution < 1.29 is 0 Å². The van der Waals surface area contributed by atoms with E-state index in [2.05, 4.69) is 17.3 Å². The van der Waals surface area contributed by atoms with Gasteiger partial charge in [-0.2, -0.15) is 0 Å². The van der Waals surface area contributed by atoms with Gasteiger partial charge in [0.1, 0.15) is 0 Å². The van der Waals surface area contributed by atoms with E-state index in [9.17, 15) is 0 Å². The van der Waals surface area contributed by atoms with Crippen molar-refractivity contribution in [2.24, 2.45) is 5.92 Å². The number of halogens is 2. The molecule has 2 unspecified atom stereocenters. The molecule has 0 aliphatic carbocycles. The summed E-state index contributed by atoms with van der Waals surface area (Å²) in [6.07, 6.45) is 1.43. The number of likely N-dealkylation sites (N-methyl/N-ethyl adjacent to an activating group) is 1. The number of nitrogens with one attached hydrogen (secondary N) is 1. The Morgan fingerprint density at radius 3 is 2.55 bits per heavy atom. The summed E-state index contributed by atoms with van der Waals surface area (Å²) in [5.74, 6) is 0.953. The fourth-order valence-electron chi connectivity index (χ4n) is 2.04. The Morgan fingerprint density at radius 1 is 1.27 bits per heavy atom. The minimum Gasteiger partial charge on any atom is -0.315 e. The fraction of sp³-hybridized carbons (Fsp3) is 1.00. The van der Waals surface area contributed by atoms with Gasteiger partial charge in [-0.1, -0.05) is 0 Å². The van der Waals surface area contributed by atoms with Crippen LogP contribution in [0.15, 0.2) is 0 Å². The van der Waals surface area contributed by atoms with Crippen LogP contribution in [0.2, 0.25) is 0 Å². The smallest absolute Gasteiger partial charge is 0.0221 e. The Kier molecular flexibility index (Phi) is 4.71. The molecule has 68 valence electrons. The third-order valence-electron chi connectivity index (χ3n) is 2.59. The van der Waals surface area contributed by atoms with Crippen molar-refractivity contribution in [2.75, 3.05) is 26.7 Å². The monoisotopic (exact) mass is 198 g/mol. The highest BCUT2D eigenvalue weighted by molar-refractivity contribution is 5.85. The van der Waals surface area contributed by atoms with Crippen LogP contribution in [0, 0.1) is 5.92 Å². The lowest BCUT2D eigenvalue weighted by molar-refractivity contribution is 0.307. The number of rotatable bonds is 0. The van der Waals surface area contributed by atoms with Crippen molar-refractivity contribution in [3.8, 4) is 0 Å². The highest BCUT2D eigenvalue weighted by Crippen LogP contribution is 2.23. The summed E-state index contributed by atoms with van der Waals surface area (Å²) in [4.78, 5) is 2.48. The maximum absolute atomic E-state index is 3.44. The fourth-order valence-corrected chi connectivity index (χ4v) is 2.04. The summed E-state index contributed by atoms with van der Waals surface area (Å²) < 4.78 is 0. The molecule has 0 aromatic heterocycles. The lowest BCUT2D eigenvalue weighted by atomic mass is 10.0. The van der Waals surface area contributed by atoms with E-state index in [1.165, 1.54) is 26.1 Å². The molecule has 2 saturated heterocycles. The Bertz CT molecular complexity index is 119. The van der Waals surface area contributed by atoms with Crippen molar-refractivity contribution in [1.29, 1.82) is 0 Å². The zero-order valence-corrected chi connectivity index (χ0v) is 8.38. The van der Waals surface area contributed by atoms with Crippen LogP contribution in [0.4, 0.5) is 0 Å². The van der Waals surface area contributed by atoms with Crippen LogP contribution in [0.25, 0.3) is 0 Å². The highest BCUT2D eigenvalue weighted by Gasteiger charge is 2.32. The summed E-state index contributed by atoms with van der Waals surface area (Å²) in [5, 5.41) is 3.44. The second-order valence-corrected chi connectivity index (χ2v) is 3.35. The van der Waals surface area contributed by atoms with Crippen LogP contribution >= 0.6 is 24.8 Å². The van der Waals surface area contributed by atoms with Crippen molar-refractivity contribution in [3.63, 3.8) is 0 Å². The molecule has 0 amide bonds. The quantitative estimate of drug-likeness (QED) is 0.619. The molecule has 0 spiro atoms. The SMILES string of the molecule is CN1CC2CNCC1C2.Cl.Cl. The zero-order chi connectivity index (χ0) is 6.27. The van der Waals surface area contributed by atoms with Gasteiger partial charge in [0.05, 0.1) is 0 Å². The molecule has 2 rings (SSSR count). The first kappa shape index (κ1) is 11.5. The molecule has 0 aromatic carbocycles. The summed E-state index contributed by atoms with van der Waals surface area (Å²) in [5.41, 5.74) is 0. The van der Waals surface area contributed by atoms with Crippen LogP contribution in [0.3, 0.4) is 0 Å². The molecule has 0 saturated carbocycles. The van der Waals surface area contributed by atoms with Gasteiger partial charge in [0.25, 0.3) is 0 Å². The minimum absolute atomic E-state index is 0. The van der Waals surface area contributed by atoms with Gasteiger partial charge in [-0.15, -0.1) is 24.8 Å². The van der Waals surface area contributed by atoms with Crippen LogP contribution in [0.5, 0.6) is 0 Å². The third-order valence-corrected chi connectivity index (χ3v) is 2.59. The molecular weight excluding hydrogens is 183 g/mol. The normalized spacial score (nSPS) is 35.7. The molecule has 0 radical (unpaired) electrons. The lowest BCUT2D eigenvalue weighted by Gasteiger charge is -2.21. The van der Waals surface area contributed by atoms with E-state index in [4.69, 9.17) is 0 Å². The van der Waals surface area contributed by atoms with E-state index < -0.39 is 0 Å². The molecule has 2 aliphatic rings. The van der Waals surface area contributed by atoms with E-state index in [1.54, 1.807) is 0 Å². The number of hydrogen-bond donors (Lipinski definition) is 1. The van der Waals surface area contributed by atoms with E-state index in [1.807, 2.05) is 0 Å². The van der Waals surface area contributed by atoms with Gasteiger partial charge in [0.15, 0.2) is 0 Å². The molecule has 4 heteroatoms. The number of nitrogens with zero attached hydrogens (tertiary/aromatic N) is 1. The molecule has 2 aliphatic heterocycles. The second-order valence-electron chi connectivity index (χ2n) is 3.35. The summed E-state index contributed by atoms with van der Waals surface area (Å²) >= 11 is 0. The van der Waals surface area contributed by atoms with Crippen LogP contribution in [-0.2, 0) is 0 Å². The van der Waals surface area contributed by atoms with Gasteiger partial charge in [0, 0.05) is 19.1 Å². The van der Waals surface area contributed by atoms with E-state index in [0.717, 1.165) is 12.0 Å². The van der Waals surface area contributed by atoms with Crippen molar-refractivity contribution in [1.82, 2.24) is 10.2 Å². The van der Waals surface area contributed by atoms with E-state index in [0.29, 0.717) is 0 Å². The van der Waals surface area contributed by atoms with Crippen molar-refractivity contribution in [2.45, 2.75) is 12.5 Å². The molecule has 2 bridgehead atoms. The third kappa shape index (κ3) is 2.22. The molecular formula is C7H16Cl2N2. The zero-order valence-electron chi connectivity index (χ0n) is 6.75. The lowest BCUT2D eigenvalue weighted by Crippen LogP contribution is -2.37. The Balaban J connectivity index is 0.000000500. The van der Waals surface area contributed by atoms with E-state index >= 15 is 0 Å². The predicted molar refractivity (Wildman–Crippen MR) is 51.9 cm³/mol. The molecule has 2 heterocycles. The number of piperidine rings is 1. The predicted octanol–water partition coefficient (Wildman–Crippen LogP) is 0.753. The summed E-state index contributed by atoms with van der Waals surface area (Å²) in [6, 6.07) is 0.851. The van der Waals surface area contributed by atoms with Crippen LogP contribution < -0.4 is 5.32 Å². The largest absolute Gasteiger partial charge is 0.315 e. The molecule has 1 N–H and O–H groups in total. The number of fused-ring (bicyclic) bond motifs is 2. The maximum Gasteiger partial charge on any atom is 0.0221 e. The Labute approximate surface area is 80.5 Å². The van der Waals surface area contributed by atoms with Gasteiger partial charge >= 0.3 is 0 Å².